The van der Waals surface area contributed by atoms with Gasteiger partial charge in [0.05, 0.1) is 0 Å². The summed E-state index contributed by atoms with van der Waals surface area (Å²) in [4.78, 5) is 2.20. The van der Waals surface area contributed by atoms with Crippen molar-refractivity contribution in [3.8, 4) is 0 Å². The Balaban J connectivity index is 2.19. The molecule has 0 saturated carbocycles. The van der Waals surface area contributed by atoms with Crippen LogP contribution in [0.2, 0.25) is 0 Å². The van der Waals surface area contributed by atoms with Gasteiger partial charge in [0.15, 0.2) is 0 Å². The molecule has 2 atom stereocenters. The molecule has 1 aromatic carbocycles. The minimum absolute atomic E-state index is 0.0528. The average molecular weight is 282 g/mol. The number of benzene rings is 1. The molecule has 0 aliphatic carbocycles. The smallest absolute Gasteiger partial charge is 0.123 e. The van der Waals surface area contributed by atoms with Gasteiger partial charge >= 0.3 is 0 Å². The second-order valence-electron chi connectivity index (χ2n) is 5.01. The normalized spacial score (nSPS) is 22.5. The molecule has 0 bridgehead atoms. The van der Waals surface area contributed by atoms with Crippen molar-refractivity contribution in [1.82, 2.24) is 5.32 Å². The molecule has 0 amide bonds. The lowest BCUT2D eigenvalue weighted by Gasteiger charge is -2.22. The molecule has 20 heavy (non-hydrogen) atoms. The van der Waals surface area contributed by atoms with Gasteiger partial charge in [-0.1, -0.05) is 6.92 Å². The van der Waals surface area contributed by atoms with Gasteiger partial charge in [0.2, 0.25) is 0 Å². The quantitative estimate of drug-likeness (QED) is 0.862. The molecule has 2 unspecified atom stereocenters. The van der Waals surface area contributed by atoms with Crippen LogP contribution in [-0.4, -0.2) is 46.1 Å². The fourth-order valence-electron chi connectivity index (χ4n) is 2.66. The molecule has 1 heterocycles. The van der Waals surface area contributed by atoms with Gasteiger partial charge in [-0.15, -0.1) is 0 Å². The van der Waals surface area contributed by atoms with Crippen LogP contribution in [0, 0.1) is 5.82 Å². The van der Waals surface area contributed by atoms with E-state index in [9.17, 15) is 4.39 Å². The standard InChI is InChI=1S/C15H23FN2O2/c1-4-17-8-11-7-12(16)5-6-13(11)18-9-14(19-2)15(10-18)20-3/h5-7,14-15,17H,4,8-10H2,1-3H3. The van der Waals surface area contributed by atoms with Gasteiger partial charge in [0.25, 0.3) is 0 Å². The summed E-state index contributed by atoms with van der Waals surface area (Å²) >= 11 is 0. The summed E-state index contributed by atoms with van der Waals surface area (Å²) in [5.74, 6) is -0.201. The molecule has 0 spiro atoms. The predicted molar refractivity (Wildman–Crippen MR) is 77.6 cm³/mol. The Kier molecular flexibility index (Phi) is 5.34. The molecule has 0 radical (unpaired) electrons. The lowest BCUT2D eigenvalue weighted by molar-refractivity contribution is -0.00461. The van der Waals surface area contributed by atoms with E-state index >= 15 is 0 Å². The lowest BCUT2D eigenvalue weighted by atomic mass is 10.1. The number of anilines is 1. The Morgan fingerprint density at radius 1 is 1.25 bits per heavy atom. The lowest BCUT2D eigenvalue weighted by Crippen LogP contribution is -2.27. The summed E-state index contributed by atoms with van der Waals surface area (Å²) in [5.41, 5.74) is 2.02. The number of hydrogen-bond donors (Lipinski definition) is 1. The van der Waals surface area contributed by atoms with Gasteiger partial charge in [-0.25, -0.2) is 4.39 Å². The van der Waals surface area contributed by atoms with E-state index in [-0.39, 0.29) is 18.0 Å². The number of ether oxygens (including phenoxy) is 2. The van der Waals surface area contributed by atoms with Crippen molar-refractivity contribution in [3.63, 3.8) is 0 Å². The van der Waals surface area contributed by atoms with Gasteiger partial charge in [-0.3, -0.25) is 0 Å². The molecular weight excluding hydrogens is 259 g/mol. The third-order valence-electron chi connectivity index (χ3n) is 3.77. The Labute approximate surface area is 119 Å². The molecule has 1 N–H and O–H groups in total. The first-order valence-electron chi connectivity index (χ1n) is 6.99. The summed E-state index contributed by atoms with van der Waals surface area (Å²) in [5, 5.41) is 3.25. The molecule has 4 nitrogen and oxygen atoms in total. The summed E-state index contributed by atoms with van der Waals surface area (Å²) < 4.78 is 24.4. The van der Waals surface area contributed by atoms with Crippen LogP contribution in [0.3, 0.4) is 0 Å². The summed E-state index contributed by atoms with van der Waals surface area (Å²) in [7, 11) is 3.40. The molecular formula is C15H23FN2O2. The molecule has 1 aliphatic heterocycles. The van der Waals surface area contributed by atoms with Crippen molar-refractivity contribution in [1.29, 1.82) is 0 Å². The van der Waals surface area contributed by atoms with Gasteiger partial charge in [0, 0.05) is 39.5 Å². The number of nitrogens with zero attached hydrogens (tertiary/aromatic N) is 1. The maximum absolute atomic E-state index is 13.5. The summed E-state index contributed by atoms with van der Waals surface area (Å²) in [6.07, 6.45) is 0.106. The van der Waals surface area contributed by atoms with Crippen molar-refractivity contribution >= 4 is 5.69 Å². The number of hydrogen-bond acceptors (Lipinski definition) is 4. The number of rotatable bonds is 6. The van der Waals surface area contributed by atoms with Crippen molar-refractivity contribution < 1.29 is 13.9 Å². The first-order valence-corrected chi connectivity index (χ1v) is 6.99. The number of nitrogens with one attached hydrogen (secondary N) is 1. The van der Waals surface area contributed by atoms with E-state index in [1.807, 2.05) is 13.0 Å². The Hall–Kier alpha value is -1.17. The van der Waals surface area contributed by atoms with E-state index < -0.39 is 0 Å². The SMILES string of the molecule is CCNCc1cc(F)ccc1N1CC(OC)C(OC)C1. The maximum atomic E-state index is 13.5. The van der Waals surface area contributed by atoms with Gasteiger partial charge < -0.3 is 19.7 Å². The van der Waals surface area contributed by atoms with Gasteiger partial charge in [-0.05, 0) is 30.3 Å². The topological polar surface area (TPSA) is 33.7 Å². The van der Waals surface area contributed by atoms with Crippen LogP contribution in [0.1, 0.15) is 12.5 Å². The van der Waals surface area contributed by atoms with Crippen LogP contribution in [0.15, 0.2) is 18.2 Å². The fraction of sp³-hybridized carbons (Fsp3) is 0.600. The highest BCUT2D eigenvalue weighted by molar-refractivity contribution is 5.55. The molecule has 1 aromatic rings. The molecule has 2 rings (SSSR count). The highest BCUT2D eigenvalue weighted by Gasteiger charge is 2.33. The highest BCUT2D eigenvalue weighted by atomic mass is 19.1. The van der Waals surface area contributed by atoms with E-state index in [1.54, 1.807) is 20.3 Å². The zero-order chi connectivity index (χ0) is 14.5. The van der Waals surface area contributed by atoms with E-state index in [2.05, 4.69) is 10.2 Å². The largest absolute Gasteiger partial charge is 0.377 e. The average Bonchev–Trinajstić information content (AvgIpc) is 2.88. The van der Waals surface area contributed by atoms with Crippen LogP contribution in [0.5, 0.6) is 0 Å². The zero-order valence-corrected chi connectivity index (χ0v) is 12.4. The van der Waals surface area contributed by atoms with Crippen molar-refractivity contribution in [2.45, 2.75) is 25.7 Å². The molecule has 1 fully saturated rings. The maximum Gasteiger partial charge on any atom is 0.123 e. The Morgan fingerprint density at radius 2 is 1.90 bits per heavy atom. The Morgan fingerprint density at radius 3 is 2.45 bits per heavy atom. The van der Waals surface area contributed by atoms with Gasteiger partial charge in [0.1, 0.15) is 18.0 Å². The van der Waals surface area contributed by atoms with Crippen molar-refractivity contribution in [2.75, 3.05) is 38.8 Å². The third-order valence-corrected chi connectivity index (χ3v) is 3.77. The van der Waals surface area contributed by atoms with E-state index in [0.717, 1.165) is 30.9 Å². The molecule has 5 heteroatoms. The number of halogens is 1. The fourth-order valence-corrected chi connectivity index (χ4v) is 2.66. The first kappa shape index (κ1) is 15.2. The minimum atomic E-state index is -0.201. The van der Waals surface area contributed by atoms with Crippen LogP contribution < -0.4 is 10.2 Å². The van der Waals surface area contributed by atoms with E-state index in [0.29, 0.717) is 6.54 Å². The van der Waals surface area contributed by atoms with Crippen LogP contribution in [0.4, 0.5) is 10.1 Å². The van der Waals surface area contributed by atoms with Crippen LogP contribution >= 0.6 is 0 Å². The summed E-state index contributed by atoms with van der Waals surface area (Å²) in [6.45, 7) is 5.09. The molecule has 112 valence electrons. The molecule has 1 saturated heterocycles. The van der Waals surface area contributed by atoms with Crippen LogP contribution in [-0.2, 0) is 16.0 Å². The van der Waals surface area contributed by atoms with Crippen molar-refractivity contribution in [2.24, 2.45) is 0 Å². The van der Waals surface area contributed by atoms with E-state index in [1.165, 1.54) is 6.07 Å². The first-order chi connectivity index (χ1) is 9.69. The molecule has 0 aromatic heterocycles. The third kappa shape index (κ3) is 3.29. The highest BCUT2D eigenvalue weighted by Crippen LogP contribution is 2.27. The second-order valence-corrected chi connectivity index (χ2v) is 5.01. The zero-order valence-electron chi connectivity index (χ0n) is 12.4. The second kappa shape index (κ2) is 7.02. The molecule has 1 aliphatic rings. The minimum Gasteiger partial charge on any atom is -0.377 e. The monoisotopic (exact) mass is 282 g/mol. The van der Waals surface area contributed by atoms with Gasteiger partial charge in [-0.2, -0.15) is 0 Å². The predicted octanol–water partition coefficient (Wildman–Crippen LogP) is 1.79. The summed E-state index contributed by atoms with van der Waals surface area (Å²) in [6, 6.07) is 4.94. The Bertz CT molecular complexity index is 430. The number of methoxy groups -OCH3 is 2. The van der Waals surface area contributed by atoms with Crippen molar-refractivity contribution in [3.05, 3.63) is 29.6 Å². The van der Waals surface area contributed by atoms with E-state index in [4.69, 9.17) is 9.47 Å². The van der Waals surface area contributed by atoms with Crippen LogP contribution in [0.25, 0.3) is 0 Å².